The molecule has 4 nitrogen and oxygen atoms in total. The Morgan fingerprint density at radius 2 is 1.85 bits per heavy atom. The van der Waals surface area contributed by atoms with Crippen LogP contribution < -0.4 is 0 Å². The minimum Gasteiger partial charge on any atom is -0.444 e. The minimum atomic E-state index is -0.433. The van der Waals surface area contributed by atoms with Gasteiger partial charge in [-0.05, 0) is 76.5 Å². The number of ether oxygens (including phenoxy) is 1. The summed E-state index contributed by atoms with van der Waals surface area (Å²) in [5.41, 5.74) is 2.37. The number of likely N-dealkylation sites (tertiary alicyclic amines) is 1. The molecular weight excluding hydrogens is 404 g/mol. The highest BCUT2D eigenvalue weighted by Gasteiger charge is 2.30. The molecule has 1 aromatic carbocycles. The van der Waals surface area contributed by atoms with Crippen molar-refractivity contribution >= 4 is 32.9 Å². The van der Waals surface area contributed by atoms with Gasteiger partial charge in [0.05, 0.1) is 0 Å². The second kappa shape index (κ2) is 7.16. The van der Waals surface area contributed by atoms with Crippen molar-refractivity contribution < 1.29 is 9.53 Å². The maximum absolute atomic E-state index is 12.3. The monoisotopic (exact) mass is 432 g/mol. The number of aromatic nitrogens is 1. The second-order valence-electron chi connectivity index (χ2n) is 8.98. The zero-order valence-electron chi connectivity index (χ0n) is 16.5. The molecule has 0 atom stereocenters. The number of rotatable bonds is 2. The van der Waals surface area contributed by atoms with Crippen LogP contribution in [0.5, 0.6) is 0 Å². The quantitative estimate of drug-likeness (QED) is 0.562. The van der Waals surface area contributed by atoms with Crippen molar-refractivity contribution in [3.63, 3.8) is 0 Å². The molecular formula is C22H29BrN2O2. The van der Waals surface area contributed by atoms with Gasteiger partial charge in [0.15, 0.2) is 0 Å². The van der Waals surface area contributed by atoms with E-state index in [1.165, 1.54) is 35.7 Å². The molecule has 1 saturated heterocycles. The van der Waals surface area contributed by atoms with Crippen molar-refractivity contribution in [2.24, 2.45) is 0 Å². The molecule has 1 aliphatic heterocycles. The lowest BCUT2D eigenvalue weighted by Crippen LogP contribution is -2.41. The molecule has 27 heavy (non-hydrogen) atoms. The van der Waals surface area contributed by atoms with Crippen LogP contribution >= 0.6 is 15.9 Å². The molecule has 2 aliphatic rings. The minimum absolute atomic E-state index is 0.179. The van der Waals surface area contributed by atoms with Crippen molar-refractivity contribution in [1.82, 2.24) is 9.47 Å². The average Bonchev–Trinajstić information content (AvgIpc) is 2.90. The summed E-state index contributed by atoms with van der Waals surface area (Å²) in [6.45, 7) is 7.31. The predicted octanol–water partition coefficient (Wildman–Crippen LogP) is 6.24. The molecule has 2 fully saturated rings. The lowest BCUT2D eigenvalue weighted by molar-refractivity contribution is 0.0205. The summed E-state index contributed by atoms with van der Waals surface area (Å²) in [5, 5.41) is 1.38. The summed E-state index contributed by atoms with van der Waals surface area (Å²) in [6.07, 6.45) is 8.12. The Morgan fingerprint density at radius 3 is 2.44 bits per heavy atom. The number of piperidine rings is 1. The second-order valence-corrected chi connectivity index (χ2v) is 9.90. The van der Waals surface area contributed by atoms with Gasteiger partial charge >= 0.3 is 6.09 Å². The SMILES string of the molecule is CC(C)(C)OC(=O)N1CCC(c2cn(C3CCC3)c3cc(Br)ccc23)CC1. The largest absolute Gasteiger partial charge is 0.444 e. The van der Waals surface area contributed by atoms with Crippen LogP contribution in [0.4, 0.5) is 4.79 Å². The number of benzene rings is 1. The summed E-state index contributed by atoms with van der Waals surface area (Å²) in [4.78, 5) is 14.2. The van der Waals surface area contributed by atoms with E-state index in [1.807, 2.05) is 25.7 Å². The van der Waals surface area contributed by atoms with E-state index in [0.29, 0.717) is 12.0 Å². The van der Waals surface area contributed by atoms with Gasteiger partial charge in [-0.2, -0.15) is 0 Å². The molecule has 0 unspecified atom stereocenters. The lowest BCUT2D eigenvalue weighted by Gasteiger charge is -2.33. The fourth-order valence-electron chi connectivity index (χ4n) is 4.24. The van der Waals surface area contributed by atoms with Crippen LogP contribution in [0.3, 0.4) is 0 Å². The van der Waals surface area contributed by atoms with Crippen molar-refractivity contribution in [1.29, 1.82) is 0 Å². The normalized spacial score (nSPS) is 19.3. The molecule has 146 valence electrons. The smallest absolute Gasteiger partial charge is 0.410 e. The summed E-state index contributed by atoms with van der Waals surface area (Å²) in [6, 6.07) is 7.31. The summed E-state index contributed by atoms with van der Waals surface area (Å²) in [5.74, 6) is 0.508. The zero-order valence-corrected chi connectivity index (χ0v) is 18.1. The molecule has 2 heterocycles. The van der Waals surface area contributed by atoms with Gasteiger partial charge in [0, 0.05) is 40.7 Å². The molecule has 0 bridgehead atoms. The fraction of sp³-hybridized carbons (Fsp3) is 0.591. The zero-order chi connectivity index (χ0) is 19.2. The molecule has 1 amide bonds. The van der Waals surface area contributed by atoms with Crippen molar-refractivity contribution in [3.8, 4) is 0 Å². The van der Waals surface area contributed by atoms with E-state index < -0.39 is 5.60 Å². The maximum atomic E-state index is 12.3. The first-order chi connectivity index (χ1) is 12.8. The van der Waals surface area contributed by atoms with Crippen LogP contribution in [0.2, 0.25) is 0 Å². The van der Waals surface area contributed by atoms with Gasteiger partial charge in [-0.15, -0.1) is 0 Å². The molecule has 4 rings (SSSR count). The van der Waals surface area contributed by atoms with E-state index in [2.05, 4.69) is 44.9 Å². The first kappa shape index (κ1) is 18.9. The average molecular weight is 433 g/mol. The Labute approximate surface area is 170 Å². The number of hydrogen-bond donors (Lipinski definition) is 0. The third-order valence-corrected chi connectivity index (χ3v) is 6.37. The Balaban J connectivity index is 1.53. The number of fused-ring (bicyclic) bond motifs is 1. The highest BCUT2D eigenvalue weighted by atomic mass is 79.9. The van der Waals surface area contributed by atoms with Crippen molar-refractivity contribution in [2.75, 3.05) is 13.1 Å². The number of carbonyl (C=O) groups excluding carboxylic acids is 1. The van der Waals surface area contributed by atoms with E-state index in [-0.39, 0.29) is 6.09 Å². The van der Waals surface area contributed by atoms with Gasteiger partial charge in [-0.1, -0.05) is 22.0 Å². The highest BCUT2D eigenvalue weighted by molar-refractivity contribution is 9.10. The van der Waals surface area contributed by atoms with Gasteiger partial charge in [-0.3, -0.25) is 0 Å². The first-order valence-corrected chi connectivity index (χ1v) is 10.9. The Hall–Kier alpha value is -1.49. The number of carbonyl (C=O) groups is 1. The van der Waals surface area contributed by atoms with Crippen LogP contribution in [0.15, 0.2) is 28.9 Å². The molecule has 1 aliphatic carbocycles. The number of halogens is 1. The standard InChI is InChI=1S/C22H29BrN2O2/c1-22(2,3)27-21(26)24-11-9-15(10-12-24)19-14-25(17-5-4-6-17)20-13-16(23)7-8-18(19)20/h7-8,13-15,17H,4-6,9-12H2,1-3H3. The van der Waals surface area contributed by atoms with E-state index in [0.717, 1.165) is 30.4 Å². The van der Waals surface area contributed by atoms with Crippen LogP contribution in [-0.2, 0) is 4.74 Å². The summed E-state index contributed by atoms with van der Waals surface area (Å²) < 4.78 is 9.17. The lowest BCUT2D eigenvalue weighted by atomic mass is 9.89. The predicted molar refractivity (Wildman–Crippen MR) is 112 cm³/mol. The Morgan fingerprint density at radius 1 is 1.15 bits per heavy atom. The molecule has 1 saturated carbocycles. The van der Waals surface area contributed by atoms with E-state index in [9.17, 15) is 4.79 Å². The summed E-state index contributed by atoms with van der Waals surface area (Å²) >= 11 is 3.64. The first-order valence-electron chi connectivity index (χ1n) is 10.1. The van der Waals surface area contributed by atoms with Crippen LogP contribution in [0.25, 0.3) is 10.9 Å². The fourth-order valence-corrected chi connectivity index (χ4v) is 4.59. The Bertz CT molecular complexity index is 840. The molecule has 0 radical (unpaired) electrons. The van der Waals surface area contributed by atoms with Gasteiger partial charge in [0.1, 0.15) is 5.60 Å². The van der Waals surface area contributed by atoms with Gasteiger partial charge < -0.3 is 14.2 Å². The molecule has 2 aromatic rings. The number of hydrogen-bond acceptors (Lipinski definition) is 2. The van der Waals surface area contributed by atoms with Gasteiger partial charge in [-0.25, -0.2) is 4.79 Å². The van der Waals surface area contributed by atoms with Crippen LogP contribution in [0.1, 0.15) is 70.4 Å². The number of nitrogens with zero attached hydrogens (tertiary/aromatic N) is 2. The van der Waals surface area contributed by atoms with Crippen molar-refractivity contribution in [3.05, 3.63) is 34.4 Å². The summed E-state index contributed by atoms with van der Waals surface area (Å²) in [7, 11) is 0. The van der Waals surface area contributed by atoms with Crippen LogP contribution in [-0.4, -0.2) is 34.3 Å². The van der Waals surface area contributed by atoms with E-state index >= 15 is 0 Å². The van der Waals surface area contributed by atoms with Crippen LogP contribution in [0, 0.1) is 0 Å². The molecule has 0 spiro atoms. The Kier molecular flexibility index (Phi) is 5.00. The van der Waals surface area contributed by atoms with Gasteiger partial charge in [0.25, 0.3) is 0 Å². The molecule has 0 N–H and O–H groups in total. The highest BCUT2D eigenvalue weighted by Crippen LogP contribution is 2.41. The maximum Gasteiger partial charge on any atom is 0.410 e. The van der Waals surface area contributed by atoms with Gasteiger partial charge in [0.2, 0.25) is 0 Å². The molecule has 5 heteroatoms. The van der Waals surface area contributed by atoms with E-state index in [1.54, 1.807) is 0 Å². The van der Waals surface area contributed by atoms with E-state index in [4.69, 9.17) is 4.74 Å². The third kappa shape index (κ3) is 3.89. The third-order valence-electron chi connectivity index (χ3n) is 5.88. The van der Waals surface area contributed by atoms with Crippen molar-refractivity contribution in [2.45, 2.75) is 70.4 Å². The topological polar surface area (TPSA) is 34.5 Å². The number of amides is 1. The molecule has 1 aromatic heterocycles.